The molecule has 0 bridgehead atoms. The Bertz CT molecular complexity index is 980. The average Bonchev–Trinajstić information content (AvgIpc) is 2.84. The van der Waals surface area contributed by atoms with Gasteiger partial charge in [0.15, 0.2) is 5.82 Å². The lowest BCUT2D eigenvalue weighted by atomic mass is 10.3. The van der Waals surface area contributed by atoms with Crippen LogP contribution in [-0.2, 0) is 7.05 Å². The molecule has 0 aliphatic carbocycles. The van der Waals surface area contributed by atoms with E-state index in [0.29, 0.717) is 0 Å². The molecule has 2 aromatic heterocycles. The largest absolute Gasteiger partial charge is 0.326 e. The Morgan fingerprint density at radius 2 is 1.77 bits per heavy atom. The molecule has 2 aromatic carbocycles. The van der Waals surface area contributed by atoms with Gasteiger partial charge < -0.3 is 4.57 Å². The first kappa shape index (κ1) is 15.4. The minimum Gasteiger partial charge on any atom is -0.326 e. The standard InChI is InChI=1S/C16H11BrN4.HI/c1-21-15-5-3-2-4-12(15)20-16(21)14-9-18-11-7-6-10(17)8-13(11)19-14;/h2-9H,1H3;1H. The van der Waals surface area contributed by atoms with Crippen LogP contribution in [0.25, 0.3) is 33.6 Å². The molecule has 0 amide bonds. The molecule has 110 valence electrons. The molecule has 22 heavy (non-hydrogen) atoms. The number of halogens is 2. The molecule has 0 N–H and O–H groups in total. The van der Waals surface area contributed by atoms with Crippen molar-refractivity contribution >= 4 is 62.0 Å². The maximum atomic E-state index is 4.69. The minimum absolute atomic E-state index is 0. The van der Waals surface area contributed by atoms with E-state index >= 15 is 0 Å². The highest BCUT2D eigenvalue weighted by molar-refractivity contribution is 14.0. The molecule has 0 saturated heterocycles. The maximum Gasteiger partial charge on any atom is 0.161 e. The Labute approximate surface area is 152 Å². The van der Waals surface area contributed by atoms with Gasteiger partial charge in [0.05, 0.1) is 28.3 Å². The van der Waals surface area contributed by atoms with Crippen LogP contribution in [0, 0.1) is 0 Å². The van der Waals surface area contributed by atoms with Crippen molar-refractivity contribution in [3.05, 3.63) is 53.1 Å². The van der Waals surface area contributed by atoms with Crippen LogP contribution < -0.4 is 0 Å². The zero-order chi connectivity index (χ0) is 14.4. The molecule has 0 aliphatic rings. The average molecular weight is 467 g/mol. The number of hydrogen-bond donors (Lipinski definition) is 0. The molecule has 4 aromatic rings. The van der Waals surface area contributed by atoms with Gasteiger partial charge in [-0.15, -0.1) is 24.0 Å². The van der Waals surface area contributed by atoms with Crippen LogP contribution in [0.2, 0.25) is 0 Å². The van der Waals surface area contributed by atoms with Gasteiger partial charge >= 0.3 is 0 Å². The summed E-state index contributed by atoms with van der Waals surface area (Å²) in [5.41, 5.74) is 4.56. The molecular weight excluding hydrogens is 455 g/mol. The van der Waals surface area contributed by atoms with E-state index in [4.69, 9.17) is 0 Å². The first-order valence-electron chi connectivity index (χ1n) is 6.56. The number of imidazole rings is 1. The lowest BCUT2D eigenvalue weighted by Gasteiger charge is -2.03. The number of nitrogens with zero attached hydrogens (tertiary/aromatic N) is 4. The van der Waals surface area contributed by atoms with Crippen LogP contribution in [0.4, 0.5) is 0 Å². The van der Waals surface area contributed by atoms with E-state index in [-0.39, 0.29) is 24.0 Å². The van der Waals surface area contributed by atoms with Crippen molar-refractivity contribution in [1.29, 1.82) is 0 Å². The normalized spacial score (nSPS) is 10.8. The van der Waals surface area contributed by atoms with E-state index in [9.17, 15) is 0 Å². The molecule has 4 rings (SSSR count). The third-order valence-electron chi connectivity index (χ3n) is 3.52. The predicted molar refractivity (Wildman–Crippen MR) is 102 cm³/mol. The number of hydrogen-bond acceptors (Lipinski definition) is 3. The van der Waals surface area contributed by atoms with E-state index in [2.05, 4.69) is 36.9 Å². The third-order valence-corrected chi connectivity index (χ3v) is 4.01. The van der Waals surface area contributed by atoms with Crippen molar-refractivity contribution in [1.82, 2.24) is 19.5 Å². The topological polar surface area (TPSA) is 43.6 Å². The molecule has 0 aliphatic heterocycles. The summed E-state index contributed by atoms with van der Waals surface area (Å²) in [7, 11) is 2.00. The van der Waals surface area contributed by atoms with E-state index < -0.39 is 0 Å². The maximum absolute atomic E-state index is 4.69. The van der Waals surface area contributed by atoms with E-state index in [1.807, 2.05) is 48.0 Å². The van der Waals surface area contributed by atoms with Crippen LogP contribution >= 0.6 is 39.9 Å². The van der Waals surface area contributed by atoms with Gasteiger partial charge in [0.1, 0.15) is 5.69 Å². The summed E-state index contributed by atoms with van der Waals surface area (Å²) in [6, 6.07) is 13.9. The van der Waals surface area contributed by atoms with Crippen molar-refractivity contribution in [3.8, 4) is 11.5 Å². The number of benzene rings is 2. The van der Waals surface area contributed by atoms with Gasteiger partial charge in [0.2, 0.25) is 0 Å². The summed E-state index contributed by atoms with van der Waals surface area (Å²) in [5, 5.41) is 0. The summed E-state index contributed by atoms with van der Waals surface area (Å²) in [5.74, 6) is 0.825. The van der Waals surface area contributed by atoms with Crippen LogP contribution in [-0.4, -0.2) is 19.5 Å². The Hall–Kier alpha value is -1.54. The fourth-order valence-electron chi connectivity index (χ4n) is 2.47. The van der Waals surface area contributed by atoms with Crippen molar-refractivity contribution in [3.63, 3.8) is 0 Å². The molecule has 4 nitrogen and oxygen atoms in total. The molecule has 0 unspecified atom stereocenters. The zero-order valence-electron chi connectivity index (χ0n) is 11.7. The molecule has 2 heterocycles. The van der Waals surface area contributed by atoms with Gasteiger partial charge in [-0.05, 0) is 30.3 Å². The van der Waals surface area contributed by atoms with E-state index in [1.54, 1.807) is 6.20 Å². The Morgan fingerprint density at radius 1 is 0.955 bits per heavy atom. The number of fused-ring (bicyclic) bond motifs is 2. The second-order valence-electron chi connectivity index (χ2n) is 4.87. The number of rotatable bonds is 1. The lowest BCUT2D eigenvalue weighted by molar-refractivity contribution is 0.950. The molecule has 0 spiro atoms. The van der Waals surface area contributed by atoms with Crippen molar-refractivity contribution < 1.29 is 0 Å². The molecule has 0 atom stereocenters. The van der Waals surface area contributed by atoms with Gasteiger partial charge in [-0.25, -0.2) is 9.97 Å². The molecule has 0 radical (unpaired) electrons. The van der Waals surface area contributed by atoms with Gasteiger partial charge in [-0.3, -0.25) is 4.98 Å². The summed E-state index contributed by atoms with van der Waals surface area (Å²) in [4.78, 5) is 13.8. The quantitative estimate of drug-likeness (QED) is 0.386. The smallest absolute Gasteiger partial charge is 0.161 e. The summed E-state index contributed by atoms with van der Waals surface area (Å²) in [6.07, 6.45) is 1.78. The Balaban J connectivity index is 0.00000144. The predicted octanol–water partition coefficient (Wildman–Crippen LogP) is 4.56. The fourth-order valence-corrected chi connectivity index (χ4v) is 2.82. The van der Waals surface area contributed by atoms with E-state index in [0.717, 1.165) is 38.1 Å². The number of aromatic nitrogens is 4. The summed E-state index contributed by atoms with van der Waals surface area (Å²) in [6.45, 7) is 0. The number of aryl methyl sites for hydroxylation is 1. The van der Waals surface area contributed by atoms with Crippen LogP contribution in [0.1, 0.15) is 0 Å². The highest BCUT2D eigenvalue weighted by Crippen LogP contribution is 2.24. The Kier molecular flexibility index (Phi) is 4.14. The van der Waals surface area contributed by atoms with Crippen molar-refractivity contribution in [2.75, 3.05) is 0 Å². The van der Waals surface area contributed by atoms with Crippen molar-refractivity contribution in [2.45, 2.75) is 0 Å². The monoisotopic (exact) mass is 466 g/mol. The van der Waals surface area contributed by atoms with Gasteiger partial charge in [-0.2, -0.15) is 0 Å². The van der Waals surface area contributed by atoms with Gasteiger partial charge in [0, 0.05) is 11.5 Å². The summed E-state index contributed by atoms with van der Waals surface area (Å²) < 4.78 is 3.04. The van der Waals surface area contributed by atoms with E-state index in [1.165, 1.54) is 0 Å². The lowest BCUT2D eigenvalue weighted by Crippen LogP contribution is -1.96. The Morgan fingerprint density at radius 3 is 2.59 bits per heavy atom. The van der Waals surface area contributed by atoms with Crippen molar-refractivity contribution in [2.24, 2.45) is 7.05 Å². The van der Waals surface area contributed by atoms with Crippen LogP contribution in [0.15, 0.2) is 53.1 Å². The third kappa shape index (κ3) is 2.50. The SMILES string of the molecule is Cn1c(-c2cnc3ccc(Br)cc3n2)nc2ccccc21.I. The second kappa shape index (κ2) is 5.92. The molecule has 0 saturated carbocycles. The minimum atomic E-state index is 0. The molecule has 6 heteroatoms. The van der Waals surface area contributed by atoms with Gasteiger partial charge in [0.25, 0.3) is 0 Å². The fraction of sp³-hybridized carbons (Fsp3) is 0.0625. The molecular formula is C16H12BrIN4. The highest BCUT2D eigenvalue weighted by atomic mass is 127. The zero-order valence-corrected chi connectivity index (χ0v) is 15.6. The number of para-hydroxylation sites is 2. The first-order chi connectivity index (χ1) is 10.2. The van der Waals surface area contributed by atoms with Crippen LogP contribution in [0.3, 0.4) is 0 Å². The van der Waals surface area contributed by atoms with Crippen LogP contribution in [0.5, 0.6) is 0 Å². The van der Waals surface area contributed by atoms with Gasteiger partial charge in [-0.1, -0.05) is 28.1 Å². The highest BCUT2D eigenvalue weighted by Gasteiger charge is 2.11. The first-order valence-corrected chi connectivity index (χ1v) is 7.36. The summed E-state index contributed by atoms with van der Waals surface area (Å²) >= 11 is 3.47. The second-order valence-corrected chi connectivity index (χ2v) is 5.79. The molecule has 0 fully saturated rings.